The van der Waals surface area contributed by atoms with E-state index >= 15 is 0 Å². The maximum absolute atomic E-state index is 10.4. The molecular formula is C8H16O3. The summed E-state index contributed by atoms with van der Waals surface area (Å²) in [6, 6.07) is 0. The van der Waals surface area contributed by atoms with Crippen molar-refractivity contribution in [3.05, 3.63) is 0 Å². The quantitative estimate of drug-likeness (QED) is 0.651. The van der Waals surface area contributed by atoms with Crippen molar-refractivity contribution in [3.8, 4) is 0 Å². The molecule has 0 aromatic carbocycles. The van der Waals surface area contributed by atoms with Gasteiger partial charge in [0, 0.05) is 0 Å². The number of aliphatic carboxylic acids is 1. The van der Waals surface area contributed by atoms with Crippen molar-refractivity contribution in [1.82, 2.24) is 0 Å². The molecule has 2 N–H and O–H groups in total. The van der Waals surface area contributed by atoms with Crippen LogP contribution < -0.4 is 0 Å². The Morgan fingerprint density at radius 1 is 1.55 bits per heavy atom. The molecule has 0 bridgehead atoms. The first-order valence-corrected chi connectivity index (χ1v) is 3.82. The summed E-state index contributed by atoms with van der Waals surface area (Å²) < 4.78 is 0. The van der Waals surface area contributed by atoms with Gasteiger partial charge < -0.3 is 10.2 Å². The maximum Gasteiger partial charge on any atom is 0.335 e. The van der Waals surface area contributed by atoms with Gasteiger partial charge in [0.05, 0.1) is 0 Å². The summed E-state index contributed by atoms with van der Waals surface area (Å²) in [5, 5.41) is 17.7. The van der Waals surface area contributed by atoms with E-state index in [0.29, 0.717) is 12.3 Å². The van der Waals surface area contributed by atoms with Crippen LogP contribution in [0, 0.1) is 5.92 Å². The Hall–Kier alpha value is -0.570. The zero-order chi connectivity index (χ0) is 9.07. The molecule has 0 aliphatic heterocycles. The fourth-order valence-corrected chi connectivity index (χ4v) is 0.677. The highest BCUT2D eigenvalue weighted by Crippen LogP contribution is 2.15. The van der Waals surface area contributed by atoms with Crippen LogP contribution in [0.1, 0.15) is 33.6 Å². The Bertz CT molecular complexity index is 138. The van der Waals surface area contributed by atoms with Crippen molar-refractivity contribution in [2.24, 2.45) is 5.92 Å². The van der Waals surface area contributed by atoms with Crippen LogP contribution in [0.4, 0.5) is 0 Å². The standard InChI is InChI=1S/C8H16O3/c1-6(2)4-5-8(3,11)7(9)10/h6,11H,4-5H2,1-3H3,(H,9,10). The second-order valence-corrected chi connectivity index (χ2v) is 3.51. The van der Waals surface area contributed by atoms with Crippen molar-refractivity contribution >= 4 is 5.97 Å². The fraction of sp³-hybridized carbons (Fsp3) is 0.875. The Morgan fingerprint density at radius 3 is 2.27 bits per heavy atom. The lowest BCUT2D eigenvalue weighted by molar-refractivity contribution is -0.157. The van der Waals surface area contributed by atoms with Crippen molar-refractivity contribution < 1.29 is 15.0 Å². The lowest BCUT2D eigenvalue weighted by atomic mass is 9.96. The van der Waals surface area contributed by atoms with Gasteiger partial charge in [0.2, 0.25) is 0 Å². The van der Waals surface area contributed by atoms with E-state index in [4.69, 9.17) is 5.11 Å². The minimum Gasteiger partial charge on any atom is -0.479 e. The van der Waals surface area contributed by atoms with Crippen LogP contribution in [0.25, 0.3) is 0 Å². The minimum absolute atomic E-state index is 0.319. The molecule has 0 saturated carbocycles. The molecule has 0 aromatic heterocycles. The summed E-state index contributed by atoms with van der Waals surface area (Å²) in [5.41, 5.74) is -1.55. The van der Waals surface area contributed by atoms with Gasteiger partial charge in [-0.15, -0.1) is 0 Å². The fourth-order valence-electron chi connectivity index (χ4n) is 0.677. The molecule has 1 unspecified atom stereocenters. The molecule has 0 aromatic rings. The lowest BCUT2D eigenvalue weighted by Gasteiger charge is -2.18. The number of hydrogen-bond acceptors (Lipinski definition) is 2. The number of carboxylic acid groups (broad SMARTS) is 1. The topological polar surface area (TPSA) is 57.5 Å². The normalized spacial score (nSPS) is 16.5. The van der Waals surface area contributed by atoms with Gasteiger partial charge in [-0.1, -0.05) is 13.8 Å². The van der Waals surface area contributed by atoms with E-state index in [1.807, 2.05) is 13.8 Å². The highest BCUT2D eigenvalue weighted by Gasteiger charge is 2.29. The van der Waals surface area contributed by atoms with Crippen molar-refractivity contribution in [1.29, 1.82) is 0 Å². The average molecular weight is 160 g/mol. The van der Waals surface area contributed by atoms with Crippen LogP contribution in [0.15, 0.2) is 0 Å². The lowest BCUT2D eigenvalue weighted by Crippen LogP contribution is -2.34. The molecule has 0 aliphatic carbocycles. The Kier molecular flexibility index (Phi) is 3.52. The molecule has 0 saturated heterocycles. The molecule has 66 valence electrons. The van der Waals surface area contributed by atoms with Crippen molar-refractivity contribution in [3.63, 3.8) is 0 Å². The molecule has 1 atom stereocenters. The molecule has 0 amide bonds. The van der Waals surface area contributed by atoms with E-state index in [1.165, 1.54) is 6.92 Å². The highest BCUT2D eigenvalue weighted by atomic mass is 16.4. The van der Waals surface area contributed by atoms with Gasteiger partial charge in [-0.2, -0.15) is 0 Å². The van der Waals surface area contributed by atoms with E-state index < -0.39 is 11.6 Å². The molecule has 3 heteroatoms. The smallest absolute Gasteiger partial charge is 0.335 e. The van der Waals surface area contributed by atoms with E-state index in [2.05, 4.69) is 0 Å². The Balaban J connectivity index is 3.83. The highest BCUT2D eigenvalue weighted by molar-refractivity contribution is 5.76. The van der Waals surface area contributed by atoms with Gasteiger partial charge >= 0.3 is 5.97 Å². The van der Waals surface area contributed by atoms with E-state index in [1.54, 1.807) is 0 Å². The molecule has 0 rings (SSSR count). The zero-order valence-corrected chi connectivity index (χ0v) is 7.29. The Labute approximate surface area is 67.0 Å². The number of hydrogen-bond donors (Lipinski definition) is 2. The van der Waals surface area contributed by atoms with Crippen LogP contribution in [0.2, 0.25) is 0 Å². The molecule has 3 nitrogen and oxygen atoms in total. The van der Waals surface area contributed by atoms with Gasteiger partial charge in [0.1, 0.15) is 0 Å². The van der Waals surface area contributed by atoms with Crippen LogP contribution in [0.3, 0.4) is 0 Å². The first-order valence-electron chi connectivity index (χ1n) is 3.82. The number of rotatable bonds is 4. The van der Waals surface area contributed by atoms with Gasteiger partial charge in [0.15, 0.2) is 5.60 Å². The number of carbonyl (C=O) groups is 1. The number of aliphatic hydroxyl groups is 1. The third-order valence-corrected chi connectivity index (χ3v) is 1.67. The second-order valence-electron chi connectivity index (χ2n) is 3.51. The largest absolute Gasteiger partial charge is 0.479 e. The van der Waals surface area contributed by atoms with Gasteiger partial charge in [-0.25, -0.2) is 4.79 Å². The SMILES string of the molecule is CC(C)CCC(C)(O)C(=O)O. The first-order chi connectivity index (χ1) is 4.86. The van der Waals surface area contributed by atoms with Crippen LogP contribution in [0.5, 0.6) is 0 Å². The molecule has 0 aliphatic rings. The van der Waals surface area contributed by atoms with Crippen LogP contribution in [-0.4, -0.2) is 21.8 Å². The first kappa shape index (κ1) is 10.4. The third kappa shape index (κ3) is 3.98. The van der Waals surface area contributed by atoms with Crippen LogP contribution >= 0.6 is 0 Å². The molecule has 0 heterocycles. The Morgan fingerprint density at radius 2 is 2.00 bits per heavy atom. The molecular weight excluding hydrogens is 144 g/mol. The summed E-state index contributed by atoms with van der Waals surface area (Å²) >= 11 is 0. The minimum atomic E-state index is -1.55. The molecule has 0 spiro atoms. The summed E-state index contributed by atoms with van der Waals surface area (Å²) in [6.07, 6.45) is 1.05. The third-order valence-electron chi connectivity index (χ3n) is 1.67. The van der Waals surface area contributed by atoms with E-state index in [9.17, 15) is 9.90 Å². The molecule has 0 fully saturated rings. The monoisotopic (exact) mass is 160 g/mol. The average Bonchev–Trinajstić information content (AvgIpc) is 1.84. The zero-order valence-electron chi connectivity index (χ0n) is 7.29. The van der Waals surface area contributed by atoms with Crippen molar-refractivity contribution in [2.75, 3.05) is 0 Å². The van der Waals surface area contributed by atoms with Gasteiger partial charge in [-0.05, 0) is 25.7 Å². The molecule has 0 radical (unpaired) electrons. The van der Waals surface area contributed by atoms with Gasteiger partial charge in [-0.3, -0.25) is 0 Å². The summed E-state index contributed by atoms with van der Waals surface area (Å²) in [7, 11) is 0. The molecule has 11 heavy (non-hydrogen) atoms. The summed E-state index contributed by atoms with van der Waals surface area (Å²) in [6.45, 7) is 5.33. The predicted octanol–water partition coefficient (Wildman–Crippen LogP) is 1.26. The summed E-state index contributed by atoms with van der Waals surface area (Å²) in [4.78, 5) is 10.4. The predicted molar refractivity (Wildman–Crippen MR) is 42.3 cm³/mol. The van der Waals surface area contributed by atoms with E-state index in [-0.39, 0.29) is 0 Å². The second kappa shape index (κ2) is 3.72. The number of carboxylic acids is 1. The summed E-state index contributed by atoms with van der Waals surface area (Å²) in [5.74, 6) is -0.709. The van der Waals surface area contributed by atoms with Crippen LogP contribution in [-0.2, 0) is 4.79 Å². The van der Waals surface area contributed by atoms with E-state index in [0.717, 1.165) is 6.42 Å². The maximum atomic E-state index is 10.4. The van der Waals surface area contributed by atoms with Crippen molar-refractivity contribution in [2.45, 2.75) is 39.2 Å². The van der Waals surface area contributed by atoms with Gasteiger partial charge in [0.25, 0.3) is 0 Å².